The van der Waals surface area contributed by atoms with E-state index in [1.807, 2.05) is 17.5 Å². The molecule has 8 heteroatoms. The van der Waals surface area contributed by atoms with Gasteiger partial charge in [-0.25, -0.2) is 4.98 Å². The van der Waals surface area contributed by atoms with Crippen molar-refractivity contribution in [3.8, 4) is 11.3 Å². The number of non-ortho nitro benzene ring substituents is 1. The van der Waals surface area contributed by atoms with E-state index in [4.69, 9.17) is 0 Å². The van der Waals surface area contributed by atoms with Gasteiger partial charge in [-0.1, -0.05) is 6.07 Å². The zero-order valence-corrected chi connectivity index (χ0v) is 13.8. The van der Waals surface area contributed by atoms with Crippen LogP contribution in [0.1, 0.15) is 4.88 Å². The van der Waals surface area contributed by atoms with Gasteiger partial charge in [0.1, 0.15) is 0 Å². The number of carbonyl (C=O) groups is 1. The van der Waals surface area contributed by atoms with Crippen LogP contribution in [0.15, 0.2) is 53.2 Å². The van der Waals surface area contributed by atoms with E-state index in [9.17, 15) is 14.9 Å². The van der Waals surface area contributed by atoms with Crippen LogP contribution in [0.5, 0.6) is 0 Å². The second-order valence-electron chi connectivity index (χ2n) is 4.68. The molecule has 0 radical (unpaired) electrons. The Balaban J connectivity index is 1.66. The summed E-state index contributed by atoms with van der Waals surface area (Å²) in [5.41, 5.74) is 1.44. The minimum absolute atomic E-state index is 0.0289. The first-order chi connectivity index (χ1) is 11.6. The fraction of sp³-hybridized carbons (Fsp3) is 0. The van der Waals surface area contributed by atoms with Gasteiger partial charge in [0.25, 0.3) is 5.69 Å². The second-order valence-corrected chi connectivity index (χ2v) is 6.52. The fourth-order valence-corrected chi connectivity index (χ4v) is 3.25. The van der Waals surface area contributed by atoms with E-state index in [1.54, 1.807) is 34.9 Å². The van der Waals surface area contributed by atoms with Crippen molar-refractivity contribution < 1.29 is 9.72 Å². The molecule has 6 nitrogen and oxygen atoms in total. The SMILES string of the molecule is O=C(/C=C/c1cccs1)Nc1nc(-c2ccc([N+](=O)[O-])cc2)cs1. The maximum Gasteiger partial charge on any atom is 0.269 e. The van der Waals surface area contributed by atoms with Gasteiger partial charge in [0, 0.05) is 34.0 Å². The highest BCUT2D eigenvalue weighted by atomic mass is 32.1. The van der Waals surface area contributed by atoms with Crippen LogP contribution in [0, 0.1) is 10.1 Å². The van der Waals surface area contributed by atoms with Crippen molar-refractivity contribution in [2.24, 2.45) is 0 Å². The molecular formula is C16H11N3O3S2. The van der Waals surface area contributed by atoms with Crippen LogP contribution in [-0.2, 0) is 4.79 Å². The molecule has 0 aliphatic rings. The number of hydrogen-bond acceptors (Lipinski definition) is 6. The predicted octanol–water partition coefficient (Wildman–Crippen LogP) is 4.43. The molecule has 0 aliphatic heterocycles. The van der Waals surface area contributed by atoms with Gasteiger partial charge in [0.2, 0.25) is 5.91 Å². The average Bonchev–Trinajstić information content (AvgIpc) is 3.25. The summed E-state index contributed by atoms with van der Waals surface area (Å²) in [6.45, 7) is 0. The van der Waals surface area contributed by atoms with E-state index < -0.39 is 4.92 Å². The third-order valence-electron chi connectivity index (χ3n) is 3.05. The van der Waals surface area contributed by atoms with Crippen molar-refractivity contribution in [1.82, 2.24) is 4.98 Å². The number of nitrogens with one attached hydrogen (secondary N) is 1. The van der Waals surface area contributed by atoms with Gasteiger partial charge in [-0.15, -0.1) is 22.7 Å². The molecule has 1 amide bonds. The predicted molar refractivity (Wildman–Crippen MR) is 96.2 cm³/mol. The Morgan fingerprint density at radius 3 is 2.67 bits per heavy atom. The Kier molecular flexibility index (Phi) is 4.78. The molecule has 0 bridgehead atoms. The van der Waals surface area contributed by atoms with Crippen molar-refractivity contribution in [1.29, 1.82) is 0 Å². The maximum atomic E-state index is 11.9. The molecule has 0 aliphatic carbocycles. The lowest BCUT2D eigenvalue weighted by Gasteiger charge is -1.97. The van der Waals surface area contributed by atoms with Crippen molar-refractivity contribution in [2.45, 2.75) is 0 Å². The van der Waals surface area contributed by atoms with Crippen LogP contribution in [0.3, 0.4) is 0 Å². The molecule has 0 saturated heterocycles. The lowest BCUT2D eigenvalue weighted by molar-refractivity contribution is -0.384. The topological polar surface area (TPSA) is 85.1 Å². The monoisotopic (exact) mass is 357 g/mol. The number of carbonyl (C=O) groups excluding carboxylic acids is 1. The van der Waals surface area contributed by atoms with E-state index in [1.165, 1.54) is 29.5 Å². The fourth-order valence-electron chi connectivity index (χ4n) is 1.91. The summed E-state index contributed by atoms with van der Waals surface area (Å²) < 4.78 is 0. The van der Waals surface area contributed by atoms with Crippen LogP contribution >= 0.6 is 22.7 Å². The van der Waals surface area contributed by atoms with E-state index in [-0.39, 0.29) is 11.6 Å². The zero-order valence-electron chi connectivity index (χ0n) is 12.2. The van der Waals surface area contributed by atoms with Crippen molar-refractivity contribution in [3.63, 3.8) is 0 Å². The molecular weight excluding hydrogens is 346 g/mol. The largest absolute Gasteiger partial charge is 0.298 e. The summed E-state index contributed by atoms with van der Waals surface area (Å²) in [5.74, 6) is -0.256. The third kappa shape index (κ3) is 3.92. The number of benzene rings is 1. The molecule has 1 aromatic carbocycles. The first-order valence-electron chi connectivity index (χ1n) is 6.85. The smallest absolute Gasteiger partial charge is 0.269 e. The summed E-state index contributed by atoms with van der Waals surface area (Å²) in [6, 6.07) is 9.96. The van der Waals surface area contributed by atoms with Crippen molar-refractivity contribution >= 4 is 45.5 Å². The quantitative estimate of drug-likeness (QED) is 0.416. The first-order valence-corrected chi connectivity index (χ1v) is 8.61. The molecule has 120 valence electrons. The molecule has 0 fully saturated rings. The van der Waals surface area contributed by atoms with E-state index in [0.717, 1.165) is 10.4 Å². The number of thiophene rings is 1. The summed E-state index contributed by atoms with van der Waals surface area (Å²) in [4.78, 5) is 27.4. The van der Waals surface area contributed by atoms with Gasteiger partial charge in [-0.3, -0.25) is 20.2 Å². The number of nitro benzene ring substituents is 1. The minimum Gasteiger partial charge on any atom is -0.298 e. The highest BCUT2D eigenvalue weighted by molar-refractivity contribution is 7.14. The van der Waals surface area contributed by atoms with Crippen LogP contribution in [0.4, 0.5) is 10.8 Å². The van der Waals surface area contributed by atoms with Crippen LogP contribution in [-0.4, -0.2) is 15.8 Å². The standard InChI is InChI=1S/C16H11N3O3S2/c20-15(8-7-13-2-1-9-23-13)18-16-17-14(10-24-16)11-3-5-12(6-4-11)19(21)22/h1-10H,(H,17,18,20)/b8-7+. The second kappa shape index (κ2) is 7.16. The number of aromatic nitrogens is 1. The lowest BCUT2D eigenvalue weighted by atomic mass is 10.1. The molecule has 3 rings (SSSR count). The molecule has 0 spiro atoms. The summed E-state index contributed by atoms with van der Waals surface area (Å²) in [7, 11) is 0. The van der Waals surface area contributed by atoms with E-state index >= 15 is 0 Å². The highest BCUT2D eigenvalue weighted by Crippen LogP contribution is 2.26. The van der Waals surface area contributed by atoms with E-state index in [0.29, 0.717) is 10.8 Å². The molecule has 0 unspecified atom stereocenters. The van der Waals surface area contributed by atoms with Crippen LogP contribution in [0.25, 0.3) is 17.3 Å². The number of thiazole rings is 1. The number of nitro groups is 1. The Labute approximate surface area is 145 Å². The Bertz CT molecular complexity index is 884. The van der Waals surface area contributed by atoms with Gasteiger partial charge in [0.05, 0.1) is 10.6 Å². The number of amides is 1. The number of anilines is 1. The minimum atomic E-state index is -0.448. The molecule has 2 aromatic heterocycles. The normalized spacial score (nSPS) is 10.8. The summed E-state index contributed by atoms with van der Waals surface area (Å²) in [5, 5.41) is 17.6. The molecule has 2 heterocycles. The Hall–Kier alpha value is -2.84. The van der Waals surface area contributed by atoms with Gasteiger partial charge in [0.15, 0.2) is 5.13 Å². The summed E-state index contributed by atoms with van der Waals surface area (Å²) in [6.07, 6.45) is 3.20. The molecule has 3 aromatic rings. The van der Waals surface area contributed by atoms with Crippen LogP contribution in [0.2, 0.25) is 0 Å². The molecule has 0 saturated carbocycles. The Morgan fingerprint density at radius 2 is 2.00 bits per heavy atom. The number of rotatable bonds is 5. The van der Waals surface area contributed by atoms with Crippen LogP contribution < -0.4 is 5.32 Å². The maximum absolute atomic E-state index is 11.9. The highest BCUT2D eigenvalue weighted by Gasteiger charge is 2.09. The molecule has 1 N–H and O–H groups in total. The third-order valence-corrected chi connectivity index (χ3v) is 4.65. The zero-order chi connectivity index (χ0) is 16.9. The number of hydrogen-bond donors (Lipinski definition) is 1. The summed E-state index contributed by atoms with van der Waals surface area (Å²) >= 11 is 2.85. The number of nitrogens with zero attached hydrogens (tertiary/aromatic N) is 2. The van der Waals surface area contributed by atoms with Gasteiger partial charge >= 0.3 is 0 Å². The lowest BCUT2D eigenvalue weighted by Crippen LogP contribution is -2.07. The van der Waals surface area contributed by atoms with Gasteiger partial charge in [-0.05, 0) is 29.7 Å². The average molecular weight is 357 g/mol. The van der Waals surface area contributed by atoms with Gasteiger partial charge in [-0.2, -0.15) is 0 Å². The van der Waals surface area contributed by atoms with Gasteiger partial charge < -0.3 is 0 Å². The van der Waals surface area contributed by atoms with Crippen molar-refractivity contribution in [2.75, 3.05) is 5.32 Å². The van der Waals surface area contributed by atoms with Crippen molar-refractivity contribution in [3.05, 3.63) is 68.2 Å². The Morgan fingerprint density at radius 1 is 1.21 bits per heavy atom. The molecule has 24 heavy (non-hydrogen) atoms. The molecule has 0 atom stereocenters. The first kappa shape index (κ1) is 16.0. The van der Waals surface area contributed by atoms with E-state index in [2.05, 4.69) is 10.3 Å².